The minimum atomic E-state index is 0.693. The number of hydrogen-bond donors (Lipinski definition) is 0. The van der Waals surface area contributed by atoms with Gasteiger partial charge in [-0.25, -0.2) is 0 Å². The average Bonchev–Trinajstić information content (AvgIpc) is 2.02. The largest absolute Gasteiger partial charge is 0.346 e. The highest BCUT2D eigenvalue weighted by Crippen LogP contribution is 2.09. The summed E-state index contributed by atoms with van der Waals surface area (Å²) in [5, 5.41) is 0. The smallest absolute Gasteiger partial charge is 0.220 e. The van der Waals surface area contributed by atoms with Crippen molar-refractivity contribution in [1.29, 1.82) is 0 Å². The summed E-state index contributed by atoms with van der Waals surface area (Å²) in [4.78, 5) is 0. The maximum absolute atomic E-state index is 5.43. The molecule has 0 aromatic carbocycles. The van der Waals surface area contributed by atoms with Crippen molar-refractivity contribution in [2.24, 2.45) is 11.8 Å². The Bertz CT molecular complexity index is 107. The SMILES string of the molecule is C[C](OCCC(C)C)OCCC(C)C. The molecule has 0 unspecified atom stereocenters. The molecule has 0 saturated heterocycles. The van der Waals surface area contributed by atoms with E-state index in [4.69, 9.17) is 9.47 Å². The van der Waals surface area contributed by atoms with Gasteiger partial charge in [-0.1, -0.05) is 27.7 Å². The summed E-state index contributed by atoms with van der Waals surface area (Å²) in [7, 11) is 0. The third-order valence-electron chi connectivity index (χ3n) is 2.00. The molecule has 0 fully saturated rings. The van der Waals surface area contributed by atoms with Crippen LogP contribution in [0.5, 0.6) is 0 Å². The van der Waals surface area contributed by atoms with Gasteiger partial charge >= 0.3 is 0 Å². The maximum Gasteiger partial charge on any atom is 0.220 e. The van der Waals surface area contributed by atoms with Crippen molar-refractivity contribution in [2.75, 3.05) is 13.2 Å². The van der Waals surface area contributed by atoms with E-state index < -0.39 is 0 Å². The Labute approximate surface area is 89.0 Å². The van der Waals surface area contributed by atoms with E-state index in [-0.39, 0.29) is 0 Å². The fraction of sp³-hybridized carbons (Fsp3) is 0.917. The first-order chi connectivity index (χ1) is 6.52. The zero-order chi connectivity index (χ0) is 11.0. The normalized spacial score (nSPS) is 12.0. The lowest BCUT2D eigenvalue weighted by atomic mass is 10.1. The molecule has 14 heavy (non-hydrogen) atoms. The van der Waals surface area contributed by atoms with Crippen LogP contribution in [0, 0.1) is 18.1 Å². The molecule has 0 N–H and O–H groups in total. The standard InChI is InChI=1S/C12H25O2/c1-10(2)6-8-13-12(5)14-9-7-11(3)4/h10-11H,6-9H2,1-5H3. The molecular formula is C12H25O2. The Balaban J connectivity index is 3.23. The Morgan fingerprint density at radius 2 is 1.21 bits per heavy atom. The van der Waals surface area contributed by atoms with E-state index in [1.807, 2.05) is 6.92 Å². The van der Waals surface area contributed by atoms with Crippen molar-refractivity contribution in [2.45, 2.75) is 47.5 Å². The van der Waals surface area contributed by atoms with Gasteiger partial charge in [0.15, 0.2) is 0 Å². The highest BCUT2D eigenvalue weighted by Gasteiger charge is 2.05. The number of ether oxygens (including phenoxy) is 2. The van der Waals surface area contributed by atoms with Crippen molar-refractivity contribution >= 4 is 0 Å². The van der Waals surface area contributed by atoms with Gasteiger partial charge in [-0.2, -0.15) is 0 Å². The van der Waals surface area contributed by atoms with Gasteiger partial charge in [0.25, 0.3) is 0 Å². The van der Waals surface area contributed by atoms with Crippen LogP contribution in [0.1, 0.15) is 47.5 Å². The lowest BCUT2D eigenvalue weighted by Crippen LogP contribution is -2.09. The molecule has 0 bridgehead atoms. The van der Waals surface area contributed by atoms with E-state index in [1.165, 1.54) is 0 Å². The minimum Gasteiger partial charge on any atom is -0.346 e. The van der Waals surface area contributed by atoms with E-state index in [2.05, 4.69) is 27.7 Å². The molecule has 0 aliphatic carbocycles. The van der Waals surface area contributed by atoms with Crippen LogP contribution < -0.4 is 0 Å². The van der Waals surface area contributed by atoms with E-state index in [1.54, 1.807) is 0 Å². The van der Waals surface area contributed by atoms with E-state index in [0.29, 0.717) is 18.1 Å². The van der Waals surface area contributed by atoms with Crippen LogP contribution >= 0.6 is 0 Å². The van der Waals surface area contributed by atoms with Gasteiger partial charge in [-0.05, 0) is 31.6 Å². The molecule has 0 aliphatic heterocycles. The lowest BCUT2D eigenvalue weighted by molar-refractivity contribution is -0.0425. The van der Waals surface area contributed by atoms with E-state index in [0.717, 1.165) is 26.1 Å². The Morgan fingerprint density at radius 1 is 0.857 bits per heavy atom. The van der Waals surface area contributed by atoms with Crippen molar-refractivity contribution in [1.82, 2.24) is 0 Å². The molecule has 0 saturated carbocycles. The monoisotopic (exact) mass is 201 g/mol. The third kappa shape index (κ3) is 10.0. The van der Waals surface area contributed by atoms with E-state index in [9.17, 15) is 0 Å². The second-order valence-electron chi connectivity index (χ2n) is 4.55. The molecule has 85 valence electrons. The first-order valence-corrected chi connectivity index (χ1v) is 5.61. The molecule has 1 radical (unpaired) electrons. The molecule has 0 atom stereocenters. The van der Waals surface area contributed by atoms with Gasteiger partial charge in [0.05, 0.1) is 13.2 Å². The van der Waals surface area contributed by atoms with Gasteiger partial charge in [-0.15, -0.1) is 0 Å². The van der Waals surface area contributed by atoms with Crippen LogP contribution in [-0.4, -0.2) is 13.2 Å². The highest BCUT2D eigenvalue weighted by molar-refractivity contribution is 4.56. The summed E-state index contributed by atoms with van der Waals surface area (Å²) in [6.45, 7) is 12.2. The van der Waals surface area contributed by atoms with Gasteiger partial charge in [-0.3, -0.25) is 0 Å². The third-order valence-corrected chi connectivity index (χ3v) is 2.00. The topological polar surface area (TPSA) is 18.5 Å². The quantitative estimate of drug-likeness (QED) is 0.597. The molecule has 0 aliphatic rings. The molecular weight excluding hydrogens is 176 g/mol. The molecule has 0 aromatic rings. The van der Waals surface area contributed by atoms with Gasteiger partial charge in [0.2, 0.25) is 6.29 Å². The zero-order valence-corrected chi connectivity index (χ0v) is 10.3. The van der Waals surface area contributed by atoms with Crippen LogP contribution in [-0.2, 0) is 9.47 Å². The molecule has 2 nitrogen and oxygen atoms in total. The molecule has 0 rings (SSSR count). The number of rotatable bonds is 8. The fourth-order valence-electron chi connectivity index (χ4n) is 0.918. The Morgan fingerprint density at radius 3 is 1.50 bits per heavy atom. The zero-order valence-electron chi connectivity index (χ0n) is 10.3. The van der Waals surface area contributed by atoms with Crippen LogP contribution in [0.2, 0.25) is 0 Å². The van der Waals surface area contributed by atoms with Crippen molar-refractivity contribution in [3.05, 3.63) is 6.29 Å². The fourth-order valence-corrected chi connectivity index (χ4v) is 0.918. The van der Waals surface area contributed by atoms with Crippen molar-refractivity contribution in [3.8, 4) is 0 Å². The molecule has 0 heterocycles. The summed E-state index contributed by atoms with van der Waals surface area (Å²) in [6, 6.07) is 0. The van der Waals surface area contributed by atoms with Gasteiger partial charge < -0.3 is 9.47 Å². The van der Waals surface area contributed by atoms with Crippen LogP contribution in [0.3, 0.4) is 0 Å². The van der Waals surface area contributed by atoms with Crippen molar-refractivity contribution in [3.63, 3.8) is 0 Å². The van der Waals surface area contributed by atoms with Crippen LogP contribution in [0.15, 0.2) is 0 Å². The molecule has 2 heteroatoms. The summed E-state index contributed by atoms with van der Waals surface area (Å²) in [5.41, 5.74) is 0. The summed E-state index contributed by atoms with van der Waals surface area (Å²) < 4.78 is 10.9. The predicted molar refractivity (Wildman–Crippen MR) is 59.7 cm³/mol. The average molecular weight is 201 g/mol. The summed E-state index contributed by atoms with van der Waals surface area (Å²) >= 11 is 0. The second kappa shape index (κ2) is 8.25. The first-order valence-electron chi connectivity index (χ1n) is 5.61. The minimum absolute atomic E-state index is 0.693. The van der Waals surface area contributed by atoms with Gasteiger partial charge in [0.1, 0.15) is 0 Å². The predicted octanol–water partition coefficient (Wildman–Crippen LogP) is 3.62. The lowest BCUT2D eigenvalue weighted by Gasteiger charge is -2.13. The summed E-state index contributed by atoms with van der Waals surface area (Å²) in [6.07, 6.45) is 2.89. The molecule has 0 amide bonds. The van der Waals surface area contributed by atoms with E-state index >= 15 is 0 Å². The first kappa shape index (κ1) is 13.9. The number of hydrogen-bond acceptors (Lipinski definition) is 2. The second-order valence-corrected chi connectivity index (χ2v) is 4.55. The van der Waals surface area contributed by atoms with Gasteiger partial charge in [0, 0.05) is 0 Å². The molecule has 0 aromatic heterocycles. The highest BCUT2D eigenvalue weighted by atomic mass is 16.7. The summed E-state index contributed by atoms with van der Waals surface area (Å²) in [5.74, 6) is 1.39. The maximum atomic E-state index is 5.43. The molecule has 0 spiro atoms. The Kier molecular flexibility index (Phi) is 8.20. The van der Waals surface area contributed by atoms with Crippen LogP contribution in [0.4, 0.5) is 0 Å². The van der Waals surface area contributed by atoms with Crippen LogP contribution in [0.25, 0.3) is 0 Å². The Hall–Kier alpha value is -0.0800. The van der Waals surface area contributed by atoms with Crippen molar-refractivity contribution < 1.29 is 9.47 Å².